The standard InChI is InChI=1S/C14H16N4O/c15-9-12-2-1-3-13(8-12)18-14(19)17-10-11-4-6-16-7-5-11/h1-4,8,16H,5-7,10H2,(H2,17,18,19). The molecule has 2 amide bonds. The second kappa shape index (κ2) is 6.57. The molecule has 1 aromatic carbocycles. The molecule has 1 aliphatic heterocycles. The number of carbonyl (C=O) groups is 1. The molecule has 1 heterocycles. The zero-order chi connectivity index (χ0) is 13.5. The van der Waals surface area contributed by atoms with Crippen molar-refractivity contribution in [3.05, 3.63) is 41.5 Å². The number of anilines is 1. The average molecular weight is 256 g/mol. The van der Waals surface area contributed by atoms with Gasteiger partial charge in [-0.2, -0.15) is 5.26 Å². The fraction of sp³-hybridized carbons (Fsp3) is 0.286. The van der Waals surface area contributed by atoms with Crippen LogP contribution in [0.3, 0.4) is 0 Å². The zero-order valence-corrected chi connectivity index (χ0v) is 10.6. The molecule has 0 atom stereocenters. The van der Waals surface area contributed by atoms with Crippen molar-refractivity contribution in [2.75, 3.05) is 25.0 Å². The highest BCUT2D eigenvalue weighted by atomic mass is 16.2. The first kappa shape index (κ1) is 13.1. The van der Waals surface area contributed by atoms with E-state index in [0.29, 0.717) is 17.8 Å². The van der Waals surface area contributed by atoms with Crippen molar-refractivity contribution >= 4 is 11.7 Å². The molecule has 0 saturated heterocycles. The van der Waals surface area contributed by atoms with Gasteiger partial charge in [0.05, 0.1) is 11.6 Å². The molecular formula is C14H16N4O. The van der Waals surface area contributed by atoms with E-state index in [4.69, 9.17) is 5.26 Å². The van der Waals surface area contributed by atoms with Gasteiger partial charge in [0.15, 0.2) is 0 Å². The number of nitrogens with zero attached hydrogens (tertiary/aromatic N) is 1. The van der Waals surface area contributed by atoms with E-state index in [2.05, 4.69) is 22.0 Å². The predicted molar refractivity (Wildman–Crippen MR) is 73.7 cm³/mol. The Morgan fingerprint density at radius 2 is 2.37 bits per heavy atom. The van der Waals surface area contributed by atoms with Crippen LogP contribution in [0.25, 0.3) is 0 Å². The number of benzene rings is 1. The molecule has 0 aliphatic carbocycles. The summed E-state index contributed by atoms with van der Waals surface area (Å²) in [5.41, 5.74) is 2.38. The molecule has 0 bridgehead atoms. The van der Waals surface area contributed by atoms with Crippen molar-refractivity contribution in [2.24, 2.45) is 0 Å². The van der Waals surface area contributed by atoms with Crippen molar-refractivity contribution in [1.82, 2.24) is 10.6 Å². The Kier molecular flexibility index (Phi) is 4.54. The first-order chi connectivity index (χ1) is 9.28. The van der Waals surface area contributed by atoms with E-state index >= 15 is 0 Å². The fourth-order valence-electron chi connectivity index (χ4n) is 1.87. The normalized spacial score (nSPS) is 14.2. The predicted octanol–water partition coefficient (Wildman–Crippen LogP) is 1.60. The van der Waals surface area contributed by atoms with Crippen molar-refractivity contribution in [3.8, 4) is 6.07 Å². The summed E-state index contributed by atoms with van der Waals surface area (Å²) in [4.78, 5) is 11.7. The van der Waals surface area contributed by atoms with Gasteiger partial charge in [-0.1, -0.05) is 17.7 Å². The summed E-state index contributed by atoms with van der Waals surface area (Å²) < 4.78 is 0. The number of carbonyl (C=O) groups excluding carboxylic acids is 1. The summed E-state index contributed by atoms with van der Waals surface area (Å²) in [6, 6.07) is 8.61. The maximum Gasteiger partial charge on any atom is 0.319 e. The van der Waals surface area contributed by atoms with Gasteiger partial charge in [0.2, 0.25) is 0 Å². The van der Waals surface area contributed by atoms with E-state index in [1.165, 1.54) is 5.57 Å². The lowest BCUT2D eigenvalue weighted by molar-refractivity contribution is 0.252. The average Bonchev–Trinajstić information content (AvgIpc) is 2.46. The number of hydrogen-bond acceptors (Lipinski definition) is 3. The van der Waals surface area contributed by atoms with Crippen molar-refractivity contribution in [3.63, 3.8) is 0 Å². The molecule has 0 radical (unpaired) electrons. The Morgan fingerprint density at radius 1 is 1.47 bits per heavy atom. The van der Waals surface area contributed by atoms with Gasteiger partial charge in [-0.05, 0) is 31.2 Å². The van der Waals surface area contributed by atoms with E-state index < -0.39 is 0 Å². The van der Waals surface area contributed by atoms with Crippen LogP contribution in [0, 0.1) is 11.3 Å². The highest BCUT2D eigenvalue weighted by Crippen LogP contribution is 2.09. The van der Waals surface area contributed by atoms with Crippen LogP contribution in [0.2, 0.25) is 0 Å². The number of amides is 2. The van der Waals surface area contributed by atoms with Gasteiger partial charge in [-0.15, -0.1) is 0 Å². The number of hydrogen-bond donors (Lipinski definition) is 3. The first-order valence-electron chi connectivity index (χ1n) is 6.21. The summed E-state index contributed by atoms with van der Waals surface area (Å²) in [5.74, 6) is 0. The molecule has 0 spiro atoms. The zero-order valence-electron chi connectivity index (χ0n) is 10.6. The van der Waals surface area contributed by atoms with Crippen molar-refractivity contribution in [2.45, 2.75) is 6.42 Å². The SMILES string of the molecule is N#Cc1cccc(NC(=O)NCC2=CCNCC2)c1. The van der Waals surface area contributed by atoms with Crippen LogP contribution in [0.5, 0.6) is 0 Å². The van der Waals surface area contributed by atoms with Crippen molar-refractivity contribution < 1.29 is 4.79 Å². The van der Waals surface area contributed by atoms with Crippen LogP contribution < -0.4 is 16.0 Å². The quantitative estimate of drug-likeness (QED) is 0.719. The van der Waals surface area contributed by atoms with Gasteiger partial charge in [0, 0.05) is 18.8 Å². The Morgan fingerprint density at radius 3 is 3.11 bits per heavy atom. The third-order valence-corrected chi connectivity index (χ3v) is 2.88. The summed E-state index contributed by atoms with van der Waals surface area (Å²) in [5, 5.41) is 17.5. The lowest BCUT2D eigenvalue weighted by Crippen LogP contribution is -2.32. The summed E-state index contributed by atoms with van der Waals surface area (Å²) in [6.07, 6.45) is 3.06. The fourth-order valence-corrected chi connectivity index (χ4v) is 1.87. The smallest absolute Gasteiger partial charge is 0.319 e. The maximum atomic E-state index is 11.7. The van der Waals surface area contributed by atoms with Gasteiger partial charge in [-0.3, -0.25) is 0 Å². The highest BCUT2D eigenvalue weighted by Gasteiger charge is 2.06. The molecule has 3 N–H and O–H groups in total. The van der Waals surface area contributed by atoms with Crippen LogP contribution in [0.1, 0.15) is 12.0 Å². The van der Waals surface area contributed by atoms with E-state index in [-0.39, 0.29) is 6.03 Å². The van der Waals surface area contributed by atoms with Gasteiger partial charge in [-0.25, -0.2) is 4.79 Å². The van der Waals surface area contributed by atoms with E-state index in [9.17, 15) is 4.79 Å². The second-order valence-corrected chi connectivity index (χ2v) is 4.32. The van der Waals surface area contributed by atoms with Gasteiger partial charge in [0.25, 0.3) is 0 Å². The number of rotatable bonds is 3. The Hall–Kier alpha value is -2.32. The molecule has 2 rings (SSSR count). The third kappa shape index (κ3) is 4.12. The third-order valence-electron chi connectivity index (χ3n) is 2.88. The van der Waals surface area contributed by atoms with Crippen LogP contribution in [0.15, 0.2) is 35.9 Å². The number of urea groups is 1. The lowest BCUT2D eigenvalue weighted by Gasteiger charge is -2.15. The van der Waals surface area contributed by atoms with Gasteiger partial charge >= 0.3 is 6.03 Å². The topological polar surface area (TPSA) is 77.0 Å². The molecular weight excluding hydrogens is 240 g/mol. The molecule has 0 fully saturated rings. The highest BCUT2D eigenvalue weighted by molar-refractivity contribution is 5.89. The molecule has 98 valence electrons. The molecule has 1 aliphatic rings. The Balaban J connectivity index is 1.83. The van der Waals surface area contributed by atoms with Crippen molar-refractivity contribution in [1.29, 1.82) is 5.26 Å². The second-order valence-electron chi connectivity index (χ2n) is 4.32. The number of nitriles is 1. The molecule has 5 heteroatoms. The lowest BCUT2D eigenvalue weighted by atomic mass is 10.1. The van der Waals surface area contributed by atoms with Crippen LogP contribution in [0.4, 0.5) is 10.5 Å². The maximum absolute atomic E-state index is 11.7. The molecule has 1 aromatic rings. The summed E-state index contributed by atoms with van der Waals surface area (Å²) in [6.45, 7) is 2.38. The first-order valence-corrected chi connectivity index (χ1v) is 6.21. The molecule has 5 nitrogen and oxygen atoms in total. The monoisotopic (exact) mass is 256 g/mol. The number of nitrogens with one attached hydrogen (secondary N) is 3. The van der Waals surface area contributed by atoms with E-state index in [1.54, 1.807) is 24.3 Å². The van der Waals surface area contributed by atoms with E-state index in [1.807, 2.05) is 6.07 Å². The molecule has 0 aromatic heterocycles. The van der Waals surface area contributed by atoms with Crippen LogP contribution in [-0.4, -0.2) is 25.7 Å². The molecule has 19 heavy (non-hydrogen) atoms. The minimum Gasteiger partial charge on any atom is -0.334 e. The summed E-state index contributed by atoms with van der Waals surface area (Å²) in [7, 11) is 0. The van der Waals surface area contributed by atoms with E-state index in [0.717, 1.165) is 19.5 Å². The Labute approximate surface area is 112 Å². The summed E-state index contributed by atoms with van der Waals surface area (Å²) >= 11 is 0. The molecule has 0 unspecified atom stereocenters. The minimum absolute atomic E-state index is 0.255. The van der Waals surface area contributed by atoms with Gasteiger partial charge in [0.1, 0.15) is 0 Å². The Bertz CT molecular complexity index is 530. The molecule has 0 saturated carbocycles. The van der Waals surface area contributed by atoms with Crippen LogP contribution >= 0.6 is 0 Å². The largest absolute Gasteiger partial charge is 0.334 e. The minimum atomic E-state index is -0.255. The van der Waals surface area contributed by atoms with Gasteiger partial charge < -0.3 is 16.0 Å². The van der Waals surface area contributed by atoms with Crippen LogP contribution in [-0.2, 0) is 0 Å².